The number of nitriles is 1. The maximum absolute atomic E-state index is 10.0. The Hall–Kier alpha value is -2.86. The van der Waals surface area contributed by atoms with Gasteiger partial charge in [-0.25, -0.2) is 14.8 Å². The molecule has 1 fully saturated rings. The Morgan fingerprint density at radius 3 is 2.63 bits per heavy atom. The Morgan fingerprint density at radius 2 is 1.97 bits per heavy atom. The van der Waals surface area contributed by atoms with Crippen molar-refractivity contribution in [2.75, 3.05) is 50.0 Å². The van der Waals surface area contributed by atoms with Gasteiger partial charge in [0.15, 0.2) is 0 Å². The number of aliphatic hydroxyl groups excluding tert-OH is 1. The van der Waals surface area contributed by atoms with Crippen LogP contribution in [-0.4, -0.2) is 59.3 Å². The molecule has 8 nitrogen and oxygen atoms in total. The summed E-state index contributed by atoms with van der Waals surface area (Å²) in [5.74, 6) is 0.663. The van der Waals surface area contributed by atoms with E-state index in [4.69, 9.17) is 34.0 Å². The predicted molar refractivity (Wildman–Crippen MR) is 142 cm³/mol. The highest BCUT2D eigenvalue weighted by Gasteiger charge is 2.26. The van der Waals surface area contributed by atoms with Gasteiger partial charge in [0.2, 0.25) is 0 Å². The van der Waals surface area contributed by atoms with Gasteiger partial charge in [-0.15, -0.1) is 11.3 Å². The summed E-state index contributed by atoms with van der Waals surface area (Å²) in [6.07, 6.45) is 0.732. The molecule has 0 bridgehead atoms. The minimum Gasteiger partial charge on any atom is -0.396 e. The molecule has 0 spiro atoms. The number of thioether (sulfide) groups is 1. The van der Waals surface area contributed by atoms with Crippen LogP contribution in [0.3, 0.4) is 0 Å². The summed E-state index contributed by atoms with van der Waals surface area (Å²) in [6.45, 7) is 11.6. The van der Waals surface area contributed by atoms with E-state index in [1.165, 1.54) is 11.8 Å². The van der Waals surface area contributed by atoms with Crippen molar-refractivity contribution in [3.05, 3.63) is 57.3 Å². The molecular weight excluding hydrogens is 502 g/mol. The van der Waals surface area contributed by atoms with Crippen LogP contribution in [0.2, 0.25) is 5.02 Å². The van der Waals surface area contributed by atoms with Crippen molar-refractivity contribution in [1.82, 2.24) is 14.9 Å². The maximum atomic E-state index is 10.0. The number of aromatic nitrogens is 2. The van der Waals surface area contributed by atoms with E-state index in [1.807, 2.05) is 29.6 Å². The molecule has 4 rings (SSSR count). The van der Waals surface area contributed by atoms with Gasteiger partial charge in [0.25, 0.3) is 5.69 Å². The number of pyridine rings is 1. The first-order valence-corrected chi connectivity index (χ1v) is 13.3. The lowest BCUT2D eigenvalue weighted by atomic mass is 10.1. The van der Waals surface area contributed by atoms with E-state index in [0.717, 1.165) is 42.3 Å². The molecule has 0 saturated carbocycles. The molecule has 3 N–H and O–H groups in total. The fraction of sp³-hybridized carbons (Fsp3) is 0.333. The van der Waals surface area contributed by atoms with Gasteiger partial charge in [-0.3, -0.25) is 4.90 Å². The van der Waals surface area contributed by atoms with Crippen molar-refractivity contribution >= 4 is 51.9 Å². The lowest BCUT2D eigenvalue weighted by Crippen LogP contribution is -2.47. The van der Waals surface area contributed by atoms with E-state index in [1.54, 1.807) is 11.3 Å². The SMILES string of the molecule is [C-]#[N+]c1c(N)nc(SCc2csc(-c3ccc(Cl)cc3)n2)c(C#N)c1N1CCN(CCCO)CC1. The van der Waals surface area contributed by atoms with E-state index in [0.29, 0.717) is 40.1 Å². The van der Waals surface area contributed by atoms with E-state index >= 15 is 0 Å². The number of halogens is 1. The van der Waals surface area contributed by atoms with Crippen LogP contribution in [0, 0.1) is 17.9 Å². The van der Waals surface area contributed by atoms with Crippen LogP contribution in [0.4, 0.5) is 17.2 Å². The van der Waals surface area contributed by atoms with Crippen molar-refractivity contribution in [3.8, 4) is 16.6 Å². The van der Waals surface area contributed by atoms with E-state index in [2.05, 4.69) is 25.7 Å². The summed E-state index contributed by atoms with van der Waals surface area (Å²) in [4.78, 5) is 17.1. The molecule has 0 amide bonds. The molecule has 0 radical (unpaired) electrons. The van der Waals surface area contributed by atoms with Crippen LogP contribution in [-0.2, 0) is 5.75 Å². The Balaban J connectivity index is 1.54. The first-order valence-electron chi connectivity index (χ1n) is 11.1. The predicted octanol–water partition coefficient (Wildman–Crippen LogP) is 4.66. The number of nitrogen functional groups attached to an aromatic ring is 1. The number of nitrogens with two attached hydrogens (primary N) is 1. The van der Waals surface area contributed by atoms with Crippen LogP contribution in [0.1, 0.15) is 17.7 Å². The quantitative estimate of drug-likeness (QED) is 0.323. The van der Waals surface area contributed by atoms with Crippen LogP contribution in [0.5, 0.6) is 0 Å². The summed E-state index contributed by atoms with van der Waals surface area (Å²) >= 11 is 8.93. The number of hydrogen-bond donors (Lipinski definition) is 2. The molecule has 0 aliphatic carbocycles. The van der Waals surface area contributed by atoms with E-state index in [-0.39, 0.29) is 18.1 Å². The van der Waals surface area contributed by atoms with Crippen LogP contribution in [0.15, 0.2) is 34.7 Å². The smallest absolute Gasteiger partial charge is 0.251 e. The van der Waals surface area contributed by atoms with Gasteiger partial charge in [0.1, 0.15) is 21.9 Å². The average molecular weight is 526 g/mol. The number of rotatable bonds is 8. The standard InChI is InChI=1S/C24H24ClN7OS2/c1-28-20-21(32-10-8-31(9-11-32)7-2-12-33)19(13-26)24(30-22(20)27)35-15-18-14-34-23(29-18)16-3-5-17(25)6-4-16/h3-6,14,33H,2,7-12,15H2,(H2,27,30). The zero-order chi connectivity index (χ0) is 24.8. The third-order valence-corrected chi connectivity index (χ3v) is 7.88. The van der Waals surface area contributed by atoms with Gasteiger partial charge in [-0.2, -0.15) is 5.26 Å². The lowest BCUT2D eigenvalue weighted by molar-refractivity contribution is 0.216. The third kappa shape index (κ3) is 5.87. The highest BCUT2D eigenvalue weighted by molar-refractivity contribution is 7.98. The van der Waals surface area contributed by atoms with Crippen LogP contribution in [0.25, 0.3) is 15.4 Å². The molecule has 1 aromatic carbocycles. The summed E-state index contributed by atoms with van der Waals surface area (Å²) in [7, 11) is 0. The largest absolute Gasteiger partial charge is 0.396 e. The van der Waals surface area contributed by atoms with Gasteiger partial charge < -0.3 is 15.7 Å². The summed E-state index contributed by atoms with van der Waals surface area (Å²) in [5, 5.41) is 23.2. The monoisotopic (exact) mass is 525 g/mol. The fourth-order valence-electron chi connectivity index (χ4n) is 3.91. The van der Waals surface area contributed by atoms with Crippen molar-refractivity contribution in [3.63, 3.8) is 0 Å². The molecule has 35 heavy (non-hydrogen) atoms. The van der Waals surface area contributed by atoms with Gasteiger partial charge >= 0.3 is 0 Å². The van der Waals surface area contributed by atoms with Crippen molar-refractivity contribution in [1.29, 1.82) is 5.26 Å². The fourth-order valence-corrected chi connectivity index (χ4v) is 5.85. The number of aliphatic hydroxyl groups is 1. The molecule has 2 aromatic heterocycles. The minimum absolute atomic E-state index is 0.138. The summed E-state index contributed by atoms with van der Waals surface area (Å²) in [6, 6.07) is 9.83. The molecule has 1 aliphatic heterocycles. The summed E-state index contributed by atoms with van der Waals surface area (Å²) < 4.78 is 0. The highest BCUT2D eigenvalue weighted by Crippen LogP contribution is 2.42. The van der Waals surface area contributed by atoms with Crippen LogP contribution >= 0.6 is 34.7 Å². The van der Waals surface area contributed by atoms with Crippen molar-refractivity contribution in [2.45, 2.75) is 17.2 Å². The second kappa shape index (κ2) is 11.7. The topological polar surface area (TPSA) is 107 Å². The number of hydrogen-bond acceptors (Lipinski definition) is 9. The van der Waals surface area contributed by atoms with Crippen LogP contribution < -0.4 is 10.6 Å². The van der Waals surface area contributed by atoms with Gasteiger partial charge in [-0.05, 0) is 18.6 Å². The Labute approximate surface area is 217 Å². The number of nitrogens with zero attached hydrogens (tertiary/aromatic N) is 6. The first-order chi connectivity index (χ1) is 17.0. The van der Waals surface area contributed by atoms with E-state index < -0.39 is 0 Å². The molecule has 3 heterocycles. The lowest BCUT2D eigenvalue weighted by Gasteiger charge is -2.37. The molecule has 1 aliphatic rings. The molecule has 11 heteroatoms. The molecule has 3 aromatic rings. The van der Waals surface area contributed by atoms with Crippen molar-refractivity contribution in [2.24, 2.45) is 0 Å². The molecule has 1 saturated heterocycles. The zero-order valence-electron chi connectivity index (χ0n) is 18.9. The molecule has 0 atom stereocenters. The Morgan fingerprint density at radius 1 is 1.23 bits per heavy atom. The van der Waals surface area contributed by atoms with Gasteiger partial charge in [-0.1, -0.05) is 35.5 Å². The average Bonchev–Trinajstić information content (AvgIpc) is 3.35. The van der Waals surface area contributed by atoms with Gasteiger partial charge in [0.05, 0.1) is 23.5 Å². The normalized spacial score (nSPS) is 14.0. The number of piperazine rings is 1. The molecule has 180 valence electrons. The first kappa shape index (κ1) is 25.2. The van der Waals surface area contributed by atoms with Crippen molar-refractivity contribution < 1.29 is 5.11 Å². The number of thiazole rings is 1. The number of anilines is 2. The highest BCUT2D eigenvalue weighted by atomic mass is 35.5. The Bertz CT molecular complexity index is 1260. The van der Waals surface area contributed by atoms with Gasteiger partial charge in [0, 0.05) is 61.0 Å². The second-order valence-corrected chi connectivity index (χ2v) is 10.2. The maximum Gasteiger partial charge on any atom is 0.251 e. The second-order valence-electron chi connectivity index (χ2n) is 7.94. The summed E-state index contributed by atoms with van der Waals surface area (Å²) in [5.41, 5.74) is 9.24. The Kier molecular flexibility index (Phi) is 8.45. The number of benzene rings is 1. The molecule has 0 unspecified atom stereocenters. The minimum atomic E-state index is 0.138. The third-order valence-electron chi connectivity index (χ3n) is 5.68. The molecular formula is C24H24ClN7OS2. The zero-order valence-corrected chi connectivity index (χ0v) is 21.3. The van der Waals surface area contributed by atoms with E-state index in [9.17, 15) is 5.26 Å².